The topological polar surface area (TPSA) is 70.2 Å². The van der Waals surface area contributed by atoms with Crippen LogP contribution in [-0.4, -0.2) is 29.0 Å². The first-order chi connectivity index (χ1) is 17.1. The zero-order valence-corrected chi connectivity index (χ0v) is 19.8. The van der Waals surface area contributed by atoms with E-state index in [2.05, 4.69) is 51.5 Å². The van der Waals surface area contributed by atoms with Crippen LogP contribution in [0, 0.1) is 5.82 Å². The predicted octanol–water partition coefficient (Wildman–Crippen LogP) is 5.80. The van der Waals surface area contributed by atoms with Crippen LogP contribution in [-0.2, 0) is 6.54 Å². The van der Waals surface area contributed by atoms with Gasteiger partial charge in [0.05, 0.1) is 5.69 Å². The Morgan fingerprint density at radius 3 is 2.23 bits per heavy atom. The summed E-state index contributed by atoms with van der Waals surface area (Å²) in [7, 11) is 0. The van der Waals surface area contributed by atoms with Gasteiger partial charge in [-0.2, -0.15) is 0 Å². The van der Waals surface area contributed by atoms with Gasteiger partial charge < -0.3 is 15.5 Å². The van der Waals surface area contributed by atoms with Crippen molar-refractivity contribution in [2.75, 3.05) is 23.3 Å². The number of nitrogens with one attached hydrogen (secondary N) is 2. The first kappa shape index (κ1) is 23.9. The van der Waals surface area contributed by atoms with Crippen LogP contribution in [0.4, 0.5) is 21.6 Å². The average molecular weight is 470 g/mol. The Morgan fingerprint density at radius 2 is 1.57 bits per heavy atom. The van der Waals surface area contributed by atoms with Crippen molar-refractivity contribution in [2.24, 2.45) is 0 Å². The lowest BCUT2D eigenvalue weighted by Gasteiger charge is -2.21. The van der Waals surface area contributed by atoms with E-state index in [0.717, 1.165) is 29.9 Å². The van der Waals surface area contributed by atoms with Crippen LogP contribution in [0.1, 0.15) is 29.8 Å². The Bertz CT molecular complexity index is 1250. The first-order valence-electron chi connectivity index (χ1n) is 11.6. The van der Waals surface area contributed by atoms with Crippen molar-refractivity contribution in [1.29, 1.82) is 0 Å². The van der Waals surface area contributed by atoms with Gasteiger partial charge in [-0.05, 0) is 80.1 Å². The number of benzene rings is 3. The summed E-state index contributed by atoms with van der Waals surface area (Å²) in [5.74, 6) is 0.174. The molecule has 0 spiro atoms. The summed E-state index contributed by atoms with van der Waals surface area (Å²) in [5, 5.41) is 6.18. The molecule has 35 heavy (non-hydrogen) atoms. The van der Waals surface area contributed by atoms with E-state index in [1.807, 2.05) is 24.3 Å². The molecule has 0 bridgehead atoms. The fourth-order valence-electron chi connectivity index (χ4n) is 3.75. The maximum atomic E-state index is 13.2. The van der Waals surface area contributed by atoms with E-state index >= 15 is 0 Å². The third-order valence-electron chi connectivity index (χ3n) is 5.74. The van der Waals surface area contributed by atoms with E-state index in [9.17, 15) is 9.18 Å². The summed E-state index contributed by atoms with van der Waals surface area (Å²) in [5.41, 5.74) is 5.08. The third-order valence-corrected chi connectivity index (χ3v) is 5.74. The highest BCUT2D eigenvalue weighted by molar-refractivity contribution is 5.94. The Balaban J connectivity index is 1.34. The van der Waals surface area contributed by atoms with Crippen molar-refractivity contribution in [1.82, 2.24) is 15.3 Å². The normalized spacial score (nSPS) is 10.6. The van der Waals surface area contributed by atoms with Crippen LogP contribution in [0.5, 0.6) is 0 Å². The van der Waals surface area contributed by atoms with Crippen molar-refractivity contribution < 1.29 is 9.18 Å². The molecule has 0 saturated heterocycles. The fraction of sp³-hybridized carbons (Fsp3) is 0.179. The summed E-state index contributed by atoms with van der Waals surface area (Å²) in [4.78, 5) is 23.4. The molecule has 0 saturated carbocycles. The maximum absolute atomic E-state index is 13.2. The molecule has 4 aromatic rings. The summed E-state index contributed by atoms with van der Waals surface area (Å²) in [6.45, 7) is 6.66. The number of hydrogen-bond donors (Lipinski definition) is 2. The van der Waals surface area contributed by atoms with Gasteiger partial charge in [-0.1, -0.05) is 12.1 Å². The first-order valence-corrected chi connectivity index (χ1v) is 11.6. The van der Waals surface area contributed by atoms with Gasteiger partial charge in [0.25, 0.3) is 5.91 Å². The van der Waals surface area contributed by atoms with Crippen LogP contribution >= 0.6 is 0 Å². The molecule has 0 aliphatic rings. The third kappa shape index (κ3) is 6.20. The van der Waals surface area contributed by atoms with E-state index in [1.165, 1.54) is 24.1 Å². The van der Waals surface area contributed by atoms with Crippen LogP contribution < -0.4 is 15.5 Å². The van der Waals surface area contributed by atoms with Crippen molar-refractivity contribution in [2.45, 2.75) is 20.4 Å². The zero-order valence-electron chi connectivity index (χ0n) is 19.8. The number of halogens is 1. The molecule has 0 aliphatic heterocycles. The van der Waals surface area contributed by atoms with Crippen LogP contribution in [0.2, 0.25) is 0 Å². The number of carbonyl (C=O) groups is 1. The number of carbonyl (C=O) groups excluding carboxylic acids is 1. The van der Waals surface area contributed by atoms with Crippen LogP contribution in [0.3, 0.4) is 0 Å². The Hall–Kier alpha value is -4.26. The molecule has 178 valence electrons. The highest BCUT2D eigenvalue weighted by Gasteiger charge is 2.08. The minimum absolute atomic E-state index is 0.134. The number of nitrogens with zero attached hydrogens (tertiary/aromatic N) is 3. The number of rotatable bonds is 9. The molecule has 0 fully saturated rings. The highest BCUT2D eigenvalue weighted by atomic mass is 19.1. The largest absolute Gasteiger partial charge is 0.372 e. The SMILES string of the molecule is CCN(CC)c1ccc(CNC(=O)c2ccc(Nc3cc(-c4ccc(F)cc4)ncn3)cc2)cc1. The molecule has 0 aliphatic carbocycles. The number of anilines is 3. The smallest absolute Gasteiger partial charge is 0.251 e. The zero-order chi connectivity index (χ0) is 24.6. The van der Waals surface area contributed by atoms with Crippen molar-refractivity contribution in [3.05, 3.63) is 102 Å². The summed E-state index contributed by atoms with van der Waals surface area (Å²) in [6, 6.07) is 23.4. The summed E-state index contributed by atoms with van der Waals surface area (Å²) in [6.07, 6.45) is 1.46. The molecule has 7 heteroatoms. The molecule has 4 rings (SSSR count). The molecule has 0 radical (unpaired) electrons. The molecular weight excluding hydrogens is 441 g/mol. The molecule has 1 aromatic heterocycles. The quantitative estimate of drug-likeness (QED) is 0.324. The maximum Gasteiger partial charge on any atom is 0.251 e. The molecule has 1 amide bonds. The van der Waals surface area contributed by atoms with Crippen molar-refractivity contribution in [3.63, 3.8) is 0 Å². The van der Waals surface area contributed by atoms with E-state index in [-0.39, 0.29) is 11.7 Å². The van der Waals surface area contributed by atoms with E-state index in [1.54, 1.807) is 30.3 Å². The molecular formula is C28H28FN5O. The van der Waals surface area contributed by atoms with E-state index < -0.39 is 0 Å². The highest BCUT2D eigenvalue weighted by Crippen LogP contribution is 2.22. The second kappa shape index (κ2) is 11.2. The van der Waals surface area contributed by atoms with Gasteiger partial charge in [0, 0.05) is 48.2 Å². The predicted molar refractivity (Wildman–Crippen MR) is 138 cm³/mol. The average Bonchev–Trinajstić information content (AvgIpc) is 2.90. The molecule has 0 atom stereocenters. The summed E-state index contributed by atoms with van der Waals surface area (Å²) >= 11 is 0. The van der Waals surface area contributed by atoms with Gasteiger partial charge in [-0.15, -0.1) is 0 Å². The van der Waals surface area contributed by atoms with E-state index in [0.29, 0.717) is 23.6 Å². The number of aromatic nitrogens is 2. The lowest BCUT2D eigenvalue weighted by molar-refractivity contribution is 0.0951. The summed E-state index contributed by atoms with van der Waals surface area (Å²) < 4.78 is 13.2. The Labute approximate surface area is 204 Å². The van der Waals surface area contributed by atoms with E-state index in [4.69, 9.17) is 0 Å². The standard InChI is InChI=1S/C28H28FN5O/c1-3-34(4-2)25-15-5-20(6-16-25)18-30-28(35)22-9-13-24(14-10-22)33-27-17-26(31-19-32-27)21-7-11-23(29)12-8-21/h5-17,19H,3-4,18H2,1-2H3,(H,30,35)(H,31,32,33). The lowest BCUT2D eigenvalue weighted by atomic mass is 10.1. The Morgan fingerprint density at radius 1 is 0.886 bits per heavy atom. The van der Waals surface area contributed by atoms with Crippen molar-refractivity contribution in [3.8, 4) is 11.3 Å². The Kier molecular flexibility index (Phi) is 7.67. The van der Waals surface area contributed by atoms with Gasteiger partial charge in [0.15, 0.2) is 0 Å². The van der Waals surface area contributed by atoms with Gasteiger partial charge in [0.1, 0.15) is 18.0 Å². The monoisotopic (exact) mass is 469 g/mol. The minimum Gasteiger partial charge on any atom is -0.372 e. The number of hydrogen-bond acceptors (Lipinski definition) is 5. The number of amides is 1. The molecule has 0 unspecified atom stereocenters. The molecule has 6 nitrogen and oxygen atoms in total. The molecule has 3 aromatic carbocycles. The lowest BCUT2D eigenvalue weighted by Crippen LogP contribution is -2.23. The van der Waals surface area contributed by atoms with Crippen molar-refractivity contribution >= 4 is 23.1 Å². The van der Waals surface area contributed by atoms with Crippen LogP contribution in [0.15, 0.2) is 85.2 Å². The molecule has 2 N–H and O–H groups in total. The van der Waals surface area contributed by atoms with Gasteiger partial charge in [-0.3, -0.25) is 4.79 Å². The van der Waals surface area contributed by atoms with Gasteiger partial charge in [-0.25, -0.2) is 14.4 Å². The van der Waals surface area contributed by atoms with Gasteiger partial charge in [0.2, 0.25) is 0 Å². The van der Waals surface area contributed by atoms with Gasteiger partial charge >= 0.3 is 0 Å². The second-order valence-electron chi connectivity index (χ2n) is 8.02. The second-order valence-corrected chi connectivity index (χ2v) is 8.02. The molecule has 1 heterocycles. The van der Waals surface area contributed by atoms with Crippen LogP contribution in [0.25, 0.3) is 11.3 Å². The fourth-order valence-corrected chi connectivity index (χ4v) is 3.75. The minimum atomic E-state index is -0.293.